The highest BCUT2D eigenvalue weighted by molar-refractivity contribution is 5.84. The third-order valence-electron chi connectivity index (χ3n) is 5.85. The summed E-state index contributed by atoms with van der Waals surface area (Å²) in [5.41, 5.74) is 1.13. The number of aliphatic hydroxyl groups excluding tert-OH is 1. The number of ether oxygens (including phenoxy) is 1. The Balaban J connectivity index is 1.73. The first-order chi connectivity index (χ1) is 12.1. The van der Waals surface area contributed by atoms with E-state index in [4.69, 9.17) is 4.74 Å². The quantitative estimate of drug-likeness (QED) is 0.684. The van der Waals surface area contributed by atoms with Crippen LogP contribution in [0.2, 0.25) is 0 Å². The van der Waals surface area contributed by atoms with E-state index in [2.05, 4.69) is 16.5 Å². The summed E-state index contributed by atoms with van der Waals surface area (Å²) < 4.78 is 19.3. The van der Waals surface area contributed by atoms with E-state index in [0.29, 0.717) is 28.7 Å². The summed E-state index contributed by atoms with van der Waals surface area (Å²) in [4.78, 5) is 6.27. The molecule has 3 saturated heterocycles. The molecule has 0 aliphatic carbocycles. The zero-order chi connectivity index (χ0) is 17.6. The Morgan fingerprint density at radius 1 is 1.44 bits per heavy atom. The summed E-state index contributed by atoms with van der Waals surface area (Å²) in [5.74, 6) is 1.15. The maximum absolute atomic E-state index is 14.0. The van der Waals surface area contributed by atoms with E-state index in [1.54, 1.807) is 19.2 Å². The first kappa shape index (κ1) is 16.5. The van der Waals surface area contributed by atoms with Crippen LogP contribution in [0.25, 0.3) is 10.9 Å². The second kappa shape index (κ2) is 6.39. The van der Waals surface area contributed by atoms with E-state index < -0.39 is 12.1 Å². The van der Waals surface area contributed by atoms with Crippen molar-refractivity contribution in [2.75, 3.05) is 20.2 Å². The molecule has 0 spiro atoms. The fourth-order valence-electron chi connectivity index (χ4n) is 4.48. The Morgan fingerprint density at radius 3 is 2.96 bits per heavy atom. The van der Waals surface area contributed by atoms with Gasteiger partial charge in [0.1, 0.15) is 5.75 Å². The molecule has 4 nitrogen and oxygen atoms in total. The molecule has 5 rings (SSSR count). The van der Waals surface area contributed by atoms with Gasteiger partial charge in [-0.05, 0) is 61.1 Å². The van der Waals surface area contributed by atoms with Crippen LogP contribution < -0.4 is 4.74 Å². The summed E-state index contributed by atoms with van der Waals surface area (Å²) in [6.07, 6.45) is 3.33. The average molecular weight is 342 g/mol. The van der Waals surface area contributed by atoms with E-state index in [-0.39, 0.29) is 6.04 Å². The number of nitrogens with zero attached hydrogens (tertiary/aromatic N) is 2. The van der Waals surface area contributed by atoms with Crippen LogP contribution in [0.3, 0.4) is 0 Å². The molecule has 4 heterocycles. The number of methoxy groups -OCH3 is 1. The van der Waals surface area contributed by atoms with E-state index in [0.717, 1.165) is 31.3 Å². The number of benzene rings is 1. The number of hydrogen-bond donors (Lipinski definition) is 1. The number of fused-ring (bicyclic) bond motifs is 4. The third-order valence-corrected chi connectivity index (χ3v) is 5.85. The van der Waals surface area contributed by atoms with Crippen LogP contribution in [0.1, 0.15) is 24.5 Å². The summed E-state index contributed by atoms with van der Waals surface area (Å²) >= 11 is 0. The highest BCUT2D eigenvalue weighted by Crippen LogP contribution is 2.42. The lowest BCUT2D eigenvalue weighted by Gasteiger charge is -2.50. The van der Waals surface area contributed by atoms with E-state index in [1.165, 1.54) is 6.07 Å². The fraction of sp³-hybridized carbons (Fsp3) is 0.450. The number of rotatable bonds is 4. The van der Waals surface area contributed by atoms with Crippen molar-refractivity contribution in [3.8, 4) is 5.75 Å². The molecule has 132 valence electrons. The SMILES string of the molecule is C=C[C@H]1CN2CCC1C[C@H]2[C@H](O)c1cc(F)nc2ccc(OC)cc12. The smallest absolute Gasteiger partial charge is 0.213 e. The first-order valence-electron chi connectivity index (χ1n) is 8.79. The maximum Gasteiger partial charge on any atom is 0.213 e. The van der Waals surface area contributed by atoms with Crippen molar-refractivity contribution in [3.05, 3.63) is 48.4 Å². The third kappa shape index (κ3) is 2.81. The zero-order valence-electron chi connectivity index (χ0n) is 14.4. The molecule has 3 fully saturated rings. The lowest BCUT2D eigenvalue weighted by atomic mass is 9.73. The minimum atomic E-state index is -0.749. The molecule has 0 radical (unpaired) electrons. The summed E-state index contributed by atoms with van der Waals surface area (Å²) in [6, 6.07) is 6.68. The van der Waals surface area contributed by atoms with E-state index in [9.17, 15) is 9.50 Å². The predicted octanol–water partition coefficient (Wildman–Crippen LogP) is 3.31. The molecule has 5 atom stereocenters. The molecule has 1 aromatic heterocycles. The monoisotopic (exact) mass is 342 g/mol. The molecule has 3 aliphatic heterocycles. The van der Waals surface area contributed by atoms with Gasteiger partial charge in [0.15, 0.2) is 0 Å². The van der Waals surface area contributed by atoms with Crippen LogP contribution in [0.5, 0.6) is 5.75 Å². The van der Waals surface area contributed by atoms with Gasteiger partial charge in [0, 0.05) is 18.0 Å². The Hall–Kier alpha value is -1.98. The van der Waals surface area contributed by atoms with E-state index >= 15 is 0 Å². The van der Waals surface area contributed by atoms with Gasteiger partial charge in [-0.1, -0.05) is 6.08 Å². The predicted molar refractivity (Wildman–Crippen MR) is 95.0 cm³/mol. The fourth-order valence-corrected chi connectivity index (χ4v) is 4.48. The molecular weight excluding hydrogens is 319 g/mol. The van der Waals surface area contributed by atoms with Crippen molar-refractivity contribution >= 4 is 10.9 Å². The molecule has 0 amide bonds. The Morgan fingerprint density at radius 2 is 2.28 bits per heavy atom. The number of aliphatic hydroxyl groups is 1. The summed E-state index contributed by atoms with van der Waals surface area (Å²) in [7, 11) is 1.59. The Labute approximate surface area is 146 Å². The number of pyridine rings is 1. The molecule has 2 unspecified atom stereocenters. The van der Waals surface area contributed by atoms with Gasteiger partial charge >= 0.3 is 0 Å². The van der Waals surface area contributed by atoms with Crippen LogP contribution in [-0.2, 0) is 0 Å². The highest BCUT2D eigenvalue weighted by atomic mass is 19.1. The second-order valence-corrected chi connectivity index (χ2v) is 7.11. The maximum atomic E-state index is 14.0. The van der Waals surface area contributed by atoms with Crippen LogP contribution in [-0.4, -0.2) is 41.2 Å². The van der Waals surface area contributed by atoms with Crippen molar-refractivity contribution < 1.29 is 14.2 Å². The van der Waals surface area contributed by atoms with Crippen LogP contribution in [0.4, 0.5) is 4.39 Å². The van der Waals surface area contributed by atoms with Crippen LogP contribution in [0, 0.1) is 17.8 Å². The molecule has 2 aromatic rings. The molecule has 25 heavy (non-hydrogen) atoms. The average Bonchev–Trinajstić information content (AvgIpc) is 2.66. The van der Waals surface area contributed by atoms with Gasteiger partial charge in [0.2, 0.25) is 5.95 Å². The molecule has 5 heteroatoms. The topological polar surface area (TPSA) is 45.6 Å². The minimum absolute atomic E-state index is 0.00570. The van der Waals surface area contributed by atoms with Crippen molar-refractivity contribution in [3.63, 3.8) is 0 Å². The van der Waals surface area contributed by atoms with Gasteiger partial charge < -0.3 is 9.84 Å². The molecule has 1 aromatic carbocycles. The largest absolute Gasteiger partial charge is 0.497 e. The van der Waals surface area contributed by atoms with Crippen molar-refractivity contribution in [2.24, 2.45) is 11.8 Å². The lowest BCUT2D eigenvalue weighted by molar-refractivity contribution is -0.0445. The van der Waals surface area contributed by atoms with Gasteiger partial charge in [-0.2, -0.15) is 4.39 Å². The number of hydrogen-bond acceptors (Lipinski definition) is 4. The number of halogens is 1. The molecular formula is C20H23FN2O2. The van der Waals surface area contributed by atoms with Gasteiger partial charge in [0.25, 0.3) is 0 Å². The molecule has 1 N–H and O–H groups in total. The highest BCUT2D eigenvalue weighted by Gasteiger charge is 2.42. The Bertz CT molecular complexity index is 810. The van der Waals surface area contributed by atoms with E-state index in [1.807, 2.05) is 12.1 Å². The minimum Gasteiger partial charge on any atom is -0.497 e. The molecule has 2 bridgehead atoms. The first-order valence-corrected chi connectivity index (χ1v) is 8.79. The van der Waals surface area contributed by atoms with Gasteiger partial charge in [-0.3, -0.25) is 4.90 Å². The molecule has 3 aliphatic rings. The number of piperidine rings is 3. The number of aromatic nitrogens is 1. The molecule has 0 saturated carbocycles. The summed E-state index contributed by atoms with van der Waals surface area (Å²) in [6.45, 7) is 5.84. The second-order valence-electron chi connectivity index (χ2n) is 7.11. The van der Waals surface area contributed by atoms with Crippen molar-refractivity contribution in [2.45, 2.75) is 25.0 Å². The Kier molecular flexibility index (Phi) is 4.21. The summed E-state index contributed by atoms with van der Waals surface area (Å²) in [5, 5.41) is 11.9. The van der Waals surface area contributed by atoms with Gasteiger partial charge in [-0.15, -0.1) is 6.58 Å². The standard InChI is InChI=1S/C20H23FN2O2/c1-3-12-11-23-7-6-13(12)8-18(23)20(24)16-10-19(21)22-17-5-4-14(25-2)9-15(16)17/h3-5,9-10,12-13,18,20,24H,1,6-8,11H2,2H3/t12-,13?,18-,20+/m0/s1. The van der Waals surface area contributed by atoms with Crippen LogP contribution >= 0.6 is 0 Å². The lowest BCUT2D eigenvalue weighted by Crippen LogP contribution is -2.54. The van der Waals surface area contributed by atoms with Gasteiger partial charge in [0.05, 0.1) is 18.7 Å². The zero-order valence-corrected chi connectivity index (χ0v) is 14.4. The van der Waals surface area contributed by atoms with Gasteiger partial charge in [-0.25, -0.2) is 4.98 Å². The van der Waals surface area contributed by atoms with Crippen molar-refractivity contribution in [1.82, 2.24) is 9.88 Å². The van der Waals surface area contributed by atoms with Crippen molar-refractivity contribution in [1.29, 1.82) is 0 Å². The normalized spacial score (nSPS) is 29.6. The van der Waals surface area contributed by atoms with Crippen LogP contribution in [0.15, 0.2) is 36.9 Å².